The molecule has 31 heavy (non-hydrogen) atoms. The first-order chi connectivity index (χ1) is 15.0. The number of rotatable bonds is 4. The van der Waals surface area contributed by atoms with Gasteiger partial charge in [-0.05, 0) is 32.0 Å². The topological polar surface area (TPSA) is 111 Å². The largest absolute Gasteiger partial charge is 0.290 e. The molecule has 0 radical (unpaired) electrons. The number of para-hydroxylation sites is 1. The van der Waals surface area contributed by atoms with Crippen LogP contribution in [0.5, 0.6) is 0 Å². The van der Waals surface area contributed by atoms with Crippen LogP contribution in [0.25, 0.3) is 16.5 Å². The Hall–Kier alpha value is -4.27. The second-order valence-corrected chi connectivity index (χ2v) is 6.81. The van der Waals surface area contributed by atoms with Gasteiger partial charge >= 0.3 is 0 Å². The molecule has 0 aliphatic rings. The molecule has 0 aliphatic heterocycles. The molecule has 0 saturated carbocycles. The Morgan fingerprint density at radius 2 is 1.58 bits per heavy atom. The first-order valence-corrected chi connectivity index (χ1v) is 9.72. The number of hydrogen-bond acceptors (Lipinski definition) is 5. The molecule has 0 aliphatic carbocycles. The van der Waals surface area contributed by atoms with E-state index in [0.29, 0.717) is 28.6 Å². The maximum Gasteiger partial charge on any atom is 0.290 e. The molecule has 156 valence electrons. The summed E-state index contributed by atoms with van der Waals surface area (Å²) in [6.45, 7) is 3.84. The van der Waals surface area contributed by atoms with Crippen LogP contribution in [-0.4, -0.2) is 31.4 Å². The lowest BCUT2D eigenvalue weighted by Gasteiger charge is -2.11. The van der Waals surface area contributed by atoms with E-state index in [1.807, 2.05) is 30.3 Å². The van der Waals surface area contributed by atoms with Crippen LogP contribution in [0.1, 0.15) is 33.5 Å². The fourth-order valence-corrected chi connectivity index (χ4v) is 3.32. The molecule has 0 spiro atoms. The molecule has 9 heteroatoms. The molecule has 9 nitrogen and oxygen atoms in total. The van der Waals surface area contributed by atoms with Gasteiger partial charge in [0.1, 0.15) is 0 Å². The predicted octanol–water partition coefficient (Wildman–Crippen LogP) is 1.99. The molecule has 2 aromatic heterocycles. The van der Waals surface area contributed by atoms with Gasteiger partial charge < -0.3 is 0 Å². The first-order valence-electron chi connectivity index (χ1n) is 9.72. The Bertz CT molecular complexity index is 1340. The van der Waals surface area contributed by atoms with Crippen molar-refractivity contribution in [3.8, 4) is 5.69 Å². The Labute approximate surface area is 177 Å². The Morgan fingerprint density at radius 1 is 0.935 bits per heavy atom. The number of amides is 2. The number of benzene rings is 2. The van der Waals surface area contributed by atoms with Crippen molar-refractivity contribution in [2.75, 3.05) is 0 Å². The van der Waals surface area contributed by atoms with Crippen LogP contribution in [0, 0.1) is 6.92 Å². The number of aromatic nitrogens is 4. The Balaban J connectivity index is 1.56. The molecule has 0 bridgehead atoms. The van der Waals surface area contributed by atoms with E-state index in [1.54, 1.807) is 42.8 Å². The minimum atomic E-state index is -0.625. The number of carbonyl (C=O) groups is 2. The summed E-state index contributed by atoms with van der Waals surface area (Å²) in [6, 6.07) is 16.1. The van der Waals surface area contributed by atoms with Crippen molar-refractivity contribution < 1.29 is 9.59 Å². The fraction of sp³-hybridized carbons (Fsp3) is 0.136. The molecule has 0 atom stereocenters. The maximum absolute atomic E-state index is 12.8. The van der Waals surface area contributed by atoms with Crippen LogP contribution in [0.4, 0.5) is 0 Å². The summed E-state index contributed by atoms with van der Waals surface area (Å²) >= 11 is 0. The SMILES string of the molecule is CCn1nc(C(=O)NNC(=O)c2cnn(-c3ccccc3)c2C)c2ccccc2c1=O. The first kappa shape index (κ1) is 20.0. The minimum absolute atomic E-state index is 0.0500. The fourth-order valence-electron chi connectivity index (χ4n) is 3.32. The van der Waals surface area contributed by atoms with Gasteiger partial charge in [0.05, 0.1) is 28.5 Å². The van der Waals surface area contributed by atoms with Crippen LogP contribution in [0.2, 0.25) is 0 Å². The lowest BCUT2D eigenvalue weighted by Crippen LogP contribution is -2.43. The molecular weight excluding hydrogens is 396 g/mol. The molecule has 2 heterocycles. The highest BCUT2D eigenvalue weighted by molar-refractivity contribution is 6.06. The normalized spacial score (nSPS) is 10.8. The van der Waals surface area contributed by atoms with E-state index >= 15 is 0 Å². The van der Waals surface area contributed by atoms with E-state index in [1.165, 1.54) is 10.9 Å². The molecule has 4 rings (SSSR count). The van der Waals surface area contributed by atoms with Gasteiger partial charge in [-0.25, -0.2) is 9.36 Å². The van der Waals surface area contributed by atoms with Gasteiger partial charge in [-0.15, -0.1) is 0 Å². The van der Waals surface area contributed by atoms with Gasteiger partial charge in [0, 0.05) is 11.9 Å². The van der Waals surface area contributed by atoms with E-state index in [2.05, 4.69) is 21.0 Å². The van der Waals surface area contributed by atoms with Crippen molar-refractivity contribution in [1.82, 2.24) is 30.4 Å². The predicted molar refractivity (Wildman–Crippen MR) is 115 cm³/mol. The van der Waals surface area contributed by atoms with Gasteiger partial charge in [0.2, 0.25) is 0 Å². The number of hydrazine groups is 1. The standard InChI is InChI=1S/C22H20N6O3/c1-3-27-22(31)17-12-8-7-11-16(17)19(26-27)21(30)25-24-20(29)18-13-23-28(14(18)2)15-9-5-4-6-10-15/h4-13H,3H2,1-2H3,(H,24,29)(H,25,30). The van der Waals surface area contributed by atoms with E-state index in [9.17, 15) is 14.4 Å². The smallest absolute Gasteiger partial charge is 0.267 e. The van der Waals surface area contributed by atoms with Crippen molar-refractivity contribution in [3.63, 3.8) is 0 Å². The monoisotopic (exact) mass is 416 g/mol. The zero-order chi connectivity index (χ0) is 22.0. The summed E-state index contributed by atoms with van der Waals surface area (Å²) in [4.78, 5) is 37.8. The molecular formula is C22H20N6O3. The highest BCUT2D eigenvalue weighted by atomic mass is 16.2. The molecule has 2 aromatic carbocycles. The number of carbonyl (C=O) groups excluding carboxylic acids is 2. The number of nitrogens with zero attached hydrogens (tertiary/aromatic N) is 4. The number of nitrogens with one attached hydrogen (secondary N) is 2. The van der Waals surface area contributed by atoms with Crippen molar-refractivity contribution in [2.24, 2.45) is 0 Å². The van der Waals surface area contributed by atoms with E-state index in [-0.39, 0.29) is 11.3 Å². The molecule has 2 N–H and O–H groups in total. The minimum Gasteiger partial charge on any atom is -0.267 e. The zero-order valence-electron chi connectivity index (χ0n) is 17.0. The summed E-state index contributed by atoms with van der Waals surface area (Å²) in [7, 11) is 0. The second-order valence-electron chi connectivity index (χ2n) is 6.81. The summed E-state index contributed by atoms with van der Waals surface area (Å²) in [5.74, 6) is -1.14. The summed E-state index contributed by atoms with van der Waals surface area (Å²) in [6.07, 6.45) is 1.44. The second kappa shape index (κ2) is 8.23. The van der Waals surface area contributed by atoms with Crippen LogP contribution in [0.3, 0.4) is 0 Å². The van der Waals surface area contributed by atoms with Gasteiger partial charge in [-0.1, -0.05) is 36.4 Å². The summed E-state index contributed by atoms with van der Waals surface area (Å²) in [5.41, 5.74) is 6.32. The molecule has 0 fully saturated rings. The van der Waals surface area contributed by atoms with E-state index in [0.717, 1.165) is 5.69 Å². The van der Waals surface area contributed by atoms with Crippen molar-refractivity contribution >= 4 is 22.6 Å². The molecule has 0 unspecified atom stereocenters. The third kappa shape index (κ3) is 3.68. The average molecular weight is 416 g/mol. The van der Waals surface area contributed by atoms with Gasteiger partial charge in [0.15, 0.2) is 5.69 Å². The number of hydrogen-bond donors (Lipinski definition) is 2. The zero-order valence-corrected chi connectivity index (χ0v) is 17.0. The number of fused-ring (bicyclic) bond motifs is 1. The highest BCUT2D eigenvalue weighted by Gasteiger charge is 2.19. The number of aryl methyl sites for hydroxylation is 1. The van der Waals surface area contributed by atoms with E-state index in [4.69, 9.17) is 0 Å². The van der Waals surface area contributed by atoms with Crippen LogP contribution in [-0.2, 0) is 6.54 Å². The third-order valence-electron chi connectivity index (χ3n) is 4.93. The summed E-state index contributed by atoms with van der Waals surface area (Å²) in [5, 5.41) is 9.21. The molecule has 2 amide bonds. The summed E-state index contributed by atoms with van der Waals surface area (Å²) < 4.78 is 2.86. The third-order valence-corrected chi connectivity index (χ3v) is 4.93. The Kier molecular flexibility index (Phi) is 5.31. The van der Waals surface area contributed by atoms with Crippen LogP contribution >= 0.6 is 0 Å². The van der Waals surface area contributed by atoms with E-state index < -0.39 is 11.8 Å². The average Bonchev–Trinajstić information content (AvgIpc) is 3.19. The van der Waals surface area contributed by atoms with Gasteiger partial charge in [-0.2, -0.15) is 10.2 Å². The molecule has 0 saturated heterocycles. The molecule has 4 aromatic rings. The maximum atomic E-state index is 12.8. The highest BCUT2D eigenvalue weighted by Crippen LogP contribution is 2.15. The van der Waals surface area contributed by atoms with Crippen molar-refractivity contribution in [2.45, 2.75) is 20.4 Å². The van der Waals surface area contributed by atoms with Crippen LogP contribution in [0.15, 0.2) is 65.6 Å². The van der Waals surface area contributed by atoms with Gasteiger partial charge in [-0.3, -0.25) is 25.2 Å². The van der Waals surface area contributed by atoms with Crippen molar-refractivity contribution in [3.05, 3.63) is 88.1 Å². The van der Waals surface area contributed by atoms with Crippen LogP contribution < -0.4 is 16.4 Å². The van der Waals surface area contributed by atoms with Gasteiger partial charge in [0.25, 0.3) is 17.4 Å². The lowest BCUT2D eigenvalue weighted by atomic mass is 10.1. The van der Waals surface area contributed by atoms with Crippen molar-refractivity contribution in [1.29, 1.82) is 0 Å². The quantitative estimate of drug-likeness (QED) is 0.494. The Morgan fingerprint density at radius 3 is 2.29 bits per heavy atom. The lowest BCUT2D eigenvalue weighted by molar-refractivity contribution is 0.0843.